The van der Waals surface area contributed by atoms with Gasteiger partial charge in [-0.3, -0.25) is 0 Å². The number of hydrogen-bond acceptors (Lipinski definition) is 2. The van der Waals surface area contributed by atoms with Gasteiger partial charge in [-0.2, -0.15) is 0 Å². The van der Waals surface area contributed by atoms with Crippen molar-refractivity contribution in [2.24, 2.45) is 0 Å². The van der Waals surface area contributed by atoms with E-state index in [0.717, 1.165) is 0 Å². The van der Waals surface area contributed by atoms with Gasteiger partial charge < -0.3 is 0 Å². The van der Waals surface area contributed by atoms with Crippen molar-refractivity contribution >= 4 is 32.5 Å². The molecule has 0 fully saturated rings. The van der Waals surface area contributed by atoms with Crippen LogP contribution >= 0.6 is 0 Å². The summed E-state index contributed by atoms with van der Waals surface area (Å²) in [5.41, 5.74) is 0. The van der Waals surface area contributed by atoms with Gasteiger partial charge in [-0.15, -0.1) is 0 Å². The Hall–Kier alpha value is 0.886. The van der Waals surface area contributed by atoms with E-state index >= 15 is 0 Å². The van der Waals surface area contributed by atoms with Gasteiger partial charge in [-0.05, 0) is 0 Å². The quantitative estimate of drug-likeness (QED) is 0.549. The minimum absolute atomic E-state index is 0.220. The molecular formula is C12H30AlO2Si2+. The summed E-state index contributed by atoms with van der Waals surface area (Å²) in [6.45, 7) is 13.7. The van der Waals surface area contributed by atoms with Gasteiger partial charge >= 0.3 is 117 Å². The number of rotatable bonds is 10. The average Bonchev–Trinajstić information content (AvgIpc) is 2.41. The summed E-state index contributed by atoms with van der Waals surface area (Å²) < 4.78 is 12.5. The Morgan fingerprint density at radius 1 is 0.588 bits per heavy atom. The van der Waals surface area contributed by atoms with Gasteiger partial charge in [0, 0.05) is 0 Å². The summed E-state index contributed by atoms with van der Waals surface area (Å²) >= 11 is -0.220. The summed E-state index contributed by atoms with van der Waals surface area (Å²) in [4.78, 5) is 0. The van der Waals surface area contributed by atoms with Crippen LogP contribution in [0, 0.1) is 0 Å². The standard InChI is InChI=1S/2C6H15OSi.Al/c2*1-4-8(7,5-2)6-3;/h2*4-6H2,1-3H3;/q2*-1;+3. The molecule has 0 aromatic carbocycles. The van der Waals surface area contributed by atoms with Crippen molar-refractivity contribution in [1.82, 2.24) is 0 Å². The zero-order chi connectivity index (χ0) is 13.4. The van der Waals surface area contributed by atoms with E-state index in [1.54, 1.807) is 0 Å². The zero-order valence-electron chi connectivity index (χ0n) is 12.6. The van der Waals surface area contributed by atoms with E-state index in [1.165, 1.54) is 36.3 Å². The Morgan fingerprint density at radius 3 is 1.00 bits per heavy atom. The monoisotopic (exact) mass is 289 g/mol. The topological polar surface area (TPSA) is 18.5 Å². The van der Waals surface area contributed by atoms with E-state index in [1.807, 2.05) is 0 Å². The number of hydrogen-bond donors (Lipinski definition) is 0. The molecule has 0 rings (SSSR count). The molecule has 2 nitrogen and oxygen atoms in total. The molecule has 0 spiro atoms. The maximum atomic E-state index is 6.27. The molecule has 0 aromatic heterocycles. The maximum absolute atomic E-state index is 6.27. The predicted molar refractivity (Wildman–Crippen MR) is 82.3 cm³/mol. The van der Waals surface area contributed by atoms with Gasteiger partial charge in [0.1, 0.15) is 0 Å². The van der Waals surface area contributed by atoms with Gasteiger partial charge in [0.15, 0.2) is 0 Å². The third kappa shape index (κ3) is 5.18. The second-order valence-electron chi connectivity index (χ2n) is 4.82. The van der Waals surface area contributed by atoms with Gasteiger partial charge in [0.2, 0.25) is 0 Å². The van der Waals surface area contributed by atoms with Crippen molar-refractivity contribution in [3.8, 4) is 0 Å². The summed E-state index contributed by atoms with van der Waals surface area (Å²) in [5, 5.41) is 0. The Kier molecular flexibility index (Phi) is 9.36. The molecule has 0 amide bonds. The SMILES string of the molecule is CC[Si](CC)(CC)[O][Al+][O][Si](CC)(CC)CC. The van der Waals surface area contributed by atoms with Crippen LogP contribution in [-0.2, 0) is 6.96 Å². The Labute approximate surface area is 117 Å². The average molecular weight is 290 g/mol. The van der Waals surface area contributed by atoms with Crippen molar-refractivity contribution in [2.45, 2.75) is 77.8 Å². The van der Waals surface area contributed by atoms with Crippen molar-refractivity contribution in [3.63, 3.8) is 0 Å². The summed E-state index contributed by atoms with van der Waals surface area (Å²) in [6, 6.07) is 7.39. The Balaban J connectivity index is 4.28. The molecular weight excluding hydrogens is 259 g/mol. The van der Waals surface area contributed by atoms with Crippen molar-refractivity contribution in [2.75, 3.05) is 0 Å². The van der Waals surface area contributed by atoms with E-state index < -0.39 is 16.6 Å². The molecule has 0 saturated carbocycles. The van der Waals surface area contributed by atoms with Gasteiger partial charge in [-0.1, -0.05) is 0 Å². The summed E-state index contributed by atoms with van der Waals surface area (Å²) in [7, 11) is -2.84. The van der Waals surface area contributed by atoms with E-state index in [0.29, 0.717) is 0 Å². The van der Waals surface area contributed by atoms with Crippen LogP contribution in [0.2, 0.25) is 36.3 Å². The van der Waals surface area contributed by atoms with Crippen molar-refractivity contribution in [1.29, 1.82) is 0 Å². The fourth-order valence-corrected chi connectivity index (χ4v) is 11.5. The molecule has 5 heteroatoms. The van der Waals surface area contributed by atoms with Crippen LogP contribution in [0.1, 0.15) is 41.5 Å². The van der Waals surface area contributed by atoms with Crippen molar-refractivity contribution in [3.05, 3.63) is 0 Å². The fourth-order valence-electron chi connectivity index (χ4n) is 2.23. The molecule has 0 aliphatic carbocycles. The molecule has 0 aromatic rings. The zero-order valence-corrected chi connectivity index (χ0v) is 15.8. The first kappa shape index (κ1) is 17.9. The van der Waals surface area contributed by atoms with Crippen LogP contribution in [0.15, 0.2) is 0 Å². The third-order valence-corrected chi connectivity index (χ3v) is 17.0. The molecule has 0 heterocycles. The van der Waals surface area contributed by atoms with Crippen LogP contribution in [-0.4, -0.2) is 32.5 Å². The van der Waals surface area contributed by atoms with E-state index in [-0.39, 0.29) is 15.9 Å². The van der Waals surface area contributed by atoms with Crippen LogP contribution in [0.4, 0.5) is 0 Å². The summed E-state index contributed by atoms with van der Waals surface area (Å²) in [6.07, 6.45) is 0. The van der Waals surface area contributed by atoms with Crippen LogP contribution in [0.5, 0.6) is 0 Å². The molecule has 17 heavy (non-hydrogen) atoms. The van der Waals surface area contributed by atoms with E-state index in [4.69, 9.17) is 6.96 Å². The Bertz CT molecular complexity index is 158. The molecule has 0 aliphatic heterocycles. The predicted octanol–water partition coefficient (Wildman–Crippen LogP) is 4.56. The van der Waals surface area contributed by atoms with Gasteiger partial charge in [0.25, 0.3) is 0 Å². The third-order valence-electron chi connectivity index (χ3n) is 4.46. The molecule has 0 saturated heterocycles. The van der Waals surface area contributed by atoms with Crippen LogP contribution in [0.25, 0.3) is 0 Å². The van der Waals surface area contributed by atoms with Crippen LogP contribution in [0.3, 0.4) is 0 Å². The fraction of sp³-hybridized carbons (Fsp3) is 1.00. The van der Waals surface area contributed by atoms with Gasteiger partial charge in [-0.25, -0.2) is 0 Å². The molecule has 0 aliphatic rings. The van der Waals surface area contributed by atoms with E-state index in [9.17, 15) is 0 Å². The Morgan fingerprint density at radius 2 is 0.824 bits per heavy atom. The van der Waals surface area contributed by atoms with Crippen molar-refractivity contribution < 1.29 is 6.96 Å². The van der Waals surface area contributed by atoms with E-state index in [2.05, 4.69) is 41.5 Å². The molecule has 0 bridgehead atoms. The summed E-state index contributed by atoms with van der Waals surface area (Å²) in [5.74, 6) is 0. The van der Waals surface area contributed by atoms with Crippen LogP contribution < -0.4 is 0 Å². The molecule has 0 atom stereocenters. The first-order valence-electron chi connectivity index (χ1n) is 7.24. The first-order chi connectivity index (χ1) is 8.07. The van der Waals surface area contributed by atoms with Gasteiger partial charge in [0.05, 0.1) is 0 Å². The molecule has 0 unspecified atom stereocenters. The molecule has 100 valence electrons. The molecule has 0 radical (unpaired) electrons. The normalized spacial score (nSPS) is 12.6. The first-order valence-corrected chi connectivity index (χ1v) is 13.2. The molecule has 0 N–H and O–H groups in total. The second-order valence-corrected chi connectivity index (χ2v) is 15.9. The minimum atomic E-state index is -1.42. The second kappa shape index (κ2) is 8.90.